The van der Waals surface area contributed by atoms with Crippen LogP contribution in [-0.4, -0.2) is 89.7 Å². The fraction of sp³-hybridized carbons (Fsp3) is 0.379. The smallest absolute Gasteiger partial charge is 0.227 e. The number of hydrogen-bond acceptors (Lipinski definition) is 13. The van der Waals surface area contributed by atoms with Crippen LogP contribution in [0.4, 0.5) is 5.82 Å². The number of ketones is 3. The summed E-state index contributed by atoms with van der Waals surface area (Å²) in [5.41, 5.74) is 23.8. The number of nitrogens with two attached hydrogens (primary N) is 2. The number of carbonyl (C=O) groups excluding carboxylic acids is 4. The van der Waals surface area contributed by atoms with Crippen molar-refractivity contribution in [2.24, 2.45) is 17.1 Å². The lowest BCUT2D eigenvalue weighted by atomic mass is 9.73. The molecule has 1 amide bonds. The van der Waals surface area contributed by atoms with Crippen molar-refractivity contribution >= 4 is 51.6 Å². The summed E-state index contributed by atoms with van der Waals surface area (Å²) in [7, 11) is 0. The van der Waals surface area contributed by atoms with Crippen LogP contribution in [0.2, 0.25) is 0 Å². The number of ether oxygens (including phenoxy) is 1. The number of aliphatic hydroxyl groups excluding tert-OH is 1. The average molecular weight is 1000 g/mol. The lowest BCUT2D eigenvalue weighted by Crippen LogP contribution is -2.47. The van der Waals surface area contributed by atoms with Gasteiger partial charge in [0.15, 0.2) is 28.8 Å². The predicted molar refractivity (Wildman–Crippen MR) is 285 cm³/mol. The van der Waals surface area contributed by atoms with Gasteiger partial charge in [0.05, 0.1) is 39.5 Å². The summed E-state index contributed by atoms with van der Waals surface area (Å²) in [6, 6.07) is 31.4. The van der Waals surface area contributed by atoms with E-state index in [-0.39, 0.29) is 74.2 Å². The number of amides is 1. The van der Waals surface area contributed by atoms with E-state index < -0.39 is 23.5 Å². The number of benzene rings is 3. The molecule has 14 nitrogen and oxygen atoms in total. The number of rotatable bonds is 20. The van der Waals surface area contributed by atoms with Gasteiger partial charge in [0, 0.05) is 61.1 Å². The Morgan fingerprint density at radius 2 is 1.63 bits per heavy atom. The van der Waals surface area contributed by atoms with Gasteiger partial charge in [0.25, 0.3) is 0 Å². The van der Waals surface area contributed by atoms with Gasteiger partial charge >= 0.3 is 0 Å². The largest absolute Gasteiger partial charge is 0.391 e. The quantitative estimate of drug-likeness (QED) is 0.0653. The summed E-state index contributed by atoms with van der Waals surface area (Å²) in [6.07, 6.45) is 6.13. The number of aromatic nitrogens is 5. The second-order valence-electron chi connectivity index (χ2n) is 20.9. The van der Waals surface area contributed by atoms with Crippen LogP contribution in [0.15, 0.2) is 109 Å². The number of nitrogens with zero attached hydrogens (tertiary/aromatic N) is 6. The van der Waals surface area contributed by atoms with Crippen molar-refractivity contribution in [3.63, 3.8) is 0 Å². The number of likely N-dealkylation sites (tertiary alicyclic amines) is 1. The van der Waals surface area contributed by atoms with Crippen LogP contribution >= 0.6 is 11.3 Å². The van der Waals surface area contributed by atoms with E-state index in [1.807, 2.05) is 105 Å². The zero-order valence-corrected chi connectivity index (χ0v) is 42.9. The number of pyridine rings is 2. The Labute approximate surface area is 430 Å². The van der Waals surface area contributed by atoms with Crippen molar-refractivity contribution in [2.45, 2.75) is 110 Å². The maximum atomic E-state index is 14.2. The molecule has 1 saturated carbocycles. The first-order valence-corrected chi connectivity index (χ1v) is 26.1. The summed E-state index contributed by atoms with van der Waals surface area (Å²) in [6.45, 7) is 7.14. The molecule has 4 aromatic heterocycles. The second kappa shape index (κ2) is 21.7. The molecule has 7 aromatic rings. The molecule has 73 heavy (non-hydrogen) atoms. The third-order valence-corrected chi connectivity index (χ3v) is 15.5. The van der Waals surface area contributed by atoms with E-state index in [2.05, 4.69) is 40.3 Å². The molecule has 378 valence electrons. The molecule has 2 fully saturated rings. The number of thiazole rings is 1. The summed E-state index contributed by atoms with van der Waals surface area (Å²) >= 11 is 1.59. The molecule has 15 heteroatoms. The molecular formula is C58H64N8O6S. The molecule has 0 unspecified atom stereocenters. The van der Waals surface area contributed by atoms with E-state index in [1.165, 1.54) is 4.90 Å². The van der Waals surface area contributed by atoms with Gasteiger partial charge in [-0.2, -0.15) is 0 Å². The Balaban J connectivity index is 0.776. The Morgan fingerprint density at radius 1 is 0.863 bits per heavy atom. The summed E-state index contributed by atoms with van der Waals surface area (Å²) < 4.78 is 7.65. The molecule has 0 radical (unpaired) electrons. The third kappa shape index (κ3) is 11.6. The Hall–Kier alpha value is -6.78. The monoisotopic (exact) mass is 1000 g/mol. The van der Waals surface area contributed by atoms with Crippen LogP contribution in [0.3, 0.4) is 0 Å². The zero-order valence-electron chi connectivity index (χ0n) is 42.1. The molecule has 1 aliphatic heterocycles. The summed E-state index contributed by atoms with van der Waals surface area (Å²) in [4.78, 5) is 75.6. The van der Waals surface area contributed by atoms with Gasteiger partial charge in [-0.3, -0.25) is 23.7 Å². The molecular weight excluding hydrogens is 937 g/mol. The van der Waals surface area contributed by atoms with Crippen molar-refractivity contribution in [3.05, 3.63) is 131 Å². The van der Waals surface area contributed by atoms with Gasteiger partial charge in [0.2, 0.25) is 5.91 Å². The van der Waals surface area contributed by atoms with Crippen molar-refractivity contribution < 1.29 is 29.0 Å². The van der Waals surface area contributed by atoms with E-state index in [9.17, 15) is 24.3 Å². The number of anilines is 1. The minimum atomic E-state index is -0.836. The highest BCUT2D eigenvalue weighted by Gasteiger charge is 2.44. The maximum Gasteiger partial charge on any atom is 0.227 e. The fourth-order valence-corrected chi connectivity index (χ4v) is 10.9. The number of Topliss-reactive ketones (excluding diaryl/α,β-unsaturated/α-hetero) is 3. The zero-order chi connectivity index (χ0) is 51.4. The van der Waals surface area contributed by atoms with Crippen molar-refractivity contribution in [1.82, 2.24) is 29.4 Å². The van der Waals surface area contributed by atoms with Crippen LogP contribution < -0.4 is 11.5 Å². The van der Waals surface area contributed by atoms with E-state index >= 15 is 0 Å². The number of hydrogen-bond donors (Lipinski definition) is 3. The fourth-order valence-electron chi connectivity index (χ4n) is 10.1. The number of β-amino-alcohol motifs (C(OH)–C–C–N with tert-alkyl or cyclic N) is 1. The second-order valence-corrected chi connectivity index (χ2v) is 21.7. The summed E-state index contributed by atoms with van der Waals surface area (Å²) in [5.74, 6) is -0.638. The molecule has 0 bridgehead atoms. The molecule has 3 atom stereocenters. The number of aliphatic hydroxyl groups is 1. The van der Waals surface area contributed by atoms with E-state index in [0.717, 1.165) is 69.0 Å². The van der Waals surface area contributed by atoms with Crippen LogP contribution in [0, 0.1) is 18.3 Å². The van der Waals surface area contributed by atoms with E-state index in [0.29, 0.717) is 47.6 Å². The molecule has 0 spiro atoms. The van der Waals surface area contributed by atoms with Crippen LogP contribution in [0.1, 0.15) is 94.5 Å². The lowest BCUT2D eigenvalue weighted by Gasteiger charge is -2.38. The summed E-state index contributed by atoms with van der Waals surface area (Å²) in [5, 5.41) is 10.7. The maximum absolute atomic E-state index is 14.2. The van der Waals surface area contributed by atoms with Crippen LogP contribution in [-0.2, 0) is 42.3 Å². The number of imidazole rings is 1. The first-order valence-electron chi connectivity index (χ1n) is 25.3. The van der Waals surface area contributed by atoms with Gasteiger partial charge < -0.3 is 26.2 Å². The van der Waals surface area contributed by atoms with Gasteiger partial charge in [-0.15, -0.1) is 11.3 Å². The van der Waals surface area contributed by atoms with Gasteiger partial charge in [-0.05, 0) is 116 Å². The highest BCUT2D eigenvalue weighted by Crippen LogP contribution is 2.40. The molecule has 3 aromatic carbocycles. The molecule has 5 N–H and O–H groups in total. The standard InChI is InChI=1S/C58H64N8O6S/c1-36-52(73-35-62-36)39-17-14-37(15-18-39)16-25-51(70)50-31-44(68)32-65(50)56(71)47(57(2,3)4)30-45(69)34-72-33-43(67)12-6-10-38-9-5-11-40(29-38)48-23-24-49-55(63-48)66(54(64-49)46-13-7-28-61-53(46)59)42-21-19-41(20-22-42)58(60)26-8-27-58/h5,7,9,11,13-15,17-24,28-29,35,44,47,50,68H,6,8,10,12,16,25-27,30-34,60H2,1-4H3,(H2,59,61)/t44-,47-,50+/m1/s1. The Kier molecular flexibility index (Phi) is 15.2. The Morgan fingerprint density at radius 3 is 2.33 bits per heavy atom. The molecule has 1 saturated heterocycles. The van der Waals surface area contributed by atoms with E-state index in [4.69, 9.17) is 26.2 Å². The predicted octanol–water partition coefficient (Wildman–Crippen LogP) is 9.20. The molecule has 9 rings (SSSR count). The SMILES string of the molecule is Cc1ncsc1-c1ccc(CCC(=O)[C@@H]2C[C@@H](O)CN2C(=O)[C@@H](CC(=O)COCC(=O)CCCc2cccc(-c3ccc4nc(-c5cccnc5N)n(-c5ccc(C6(N)CCC6)cc5)c4n3)c2)C(C)(C)C)cc1. The van der Waals surface area contributed by atoms with Gasteiger partial charge in [0.1, 0.15) is 24.5 Å². The van der Waals surface area contributed by atoms with Gasteiger partial charge in [-0.25, -0.2) is 19.9 Å². The van der Waals surface area contributed by atoms with Crippen molar-refractivity contribution in [3.8, 4) is 38.8 Å². The average Bonchev–Trinajstić information content (AvgIpc) is 4.10. The minimum absolute atomic E-state index is 0.0315. The minimum Gasteiger partial charge on any atom is -0.391 e. The van der Waals surface area contributed by atoms with Crippen LogP contribution in [0.5, 0.6) is 0 Å². The van der Waals surface area contributed by atoms with E-state index in [1.54, 1.807) is 17.5 Å². The normalized spacial score (nSPS) is 16.9. The Bertz CT molecular complexity index is 3140. The van der Waals surface area contributed by atoms with Crippen molar-refractivity contribution in [2.75, 3.05) is 25.5 Å². The number of nitrogen functional groups attached to an aromatic ring is 1. The lowest BCUT2D eigenvalue weighted by molar-refractivity contribution is -0.146. The first-order chi connectivity index (χ1) is 35.0. The molecule has 1 aliphatic carbocycles. The highest BCUT2D eigenvalue weighted by atomic mass is 32.1. The molecule has 5 heterocycles. The topological polar surface area (TPSA) is 210 Å². The van der Waals surface area contributed by atoms with Crippen molar-refractivity contribution in [1.29, 1.82) is 0 Å². The number of aryl methyl sites for hydroxylation is 3. The highest BCUT2D eigenvalue weighted by molar-refractivity contribution is 7.13. The number of fused-ring (bicyclic) bond motifs is 1. The number of carbonyl (C=O) groups is 4. The first kappa shape index (κ1) is 51.1. The third-order valence-electron chi connectivity index (χ3n) is 14.5. The van der Waals surface area contributed by atoms with Gasteiger partial charge in [-0.1, -0.05) is 75.4 Å². The molecule has 2 aliphatic rings. The van der Waals surface area contributed by atoms with Crippen LogP contribution in [0.25, 0.3) is 49.9 Å².